The second-order valence-electron chi connectivity index (χ2n) is 6.39. The molecule has 3 rings (SSSR count). The lowest BCUT2D eigenvalue weighted by Crippen LogP contribution is -2.54. The SMILES string of the molecule is C[C@@H](O)CN1CCN([C@@H]2CCc3ccccc3NC2=O)CC1. The first-order valence-electron chi connectivity index (χ1n) is 8.17. The number of β-amino-alcohol motifs (C(OH)–C–C–N with tert-alkyl or cyclic N) is 1. The summed E-state index contributed by atoms with van der Waals surface area (Å²) in [4.78, 5) is 17.1. The van der Waals surface area contributed by atoms with Gasteiger partial charge in [0.15, 0.2) is 0 Å². The lowest BCUT2D eigenvalue weighted by molar-refractivity contribution is -0.122. The van der Waals surface area contributed by atoms with Gasteiger partial charge in [0.1, 0.15) is 0 Å². The maximum absolute atomic E-state index is 12.5. The van der Waals surface area contributed by atoms with E-state index in [4.69, 9.17) is 0 Å². The summed E-state index contributed by atoms with van der Waals surface area (Å²) in [7, 11) is 0. The predicted molar refractivity (Wildman–Crippen MR) is 86.9 cm³/mol. The van der Waals surface area contributed by atoms with Crippen molar-refractivity contribution in [1.82, 2.24) is 9.80 Å². The van der Waals surface area contributed by atoms with Crippen LogP contribution in [0.3, 0.4) is 0 Å². The normalized spacial score (nSPS) is 25.2. The van der Waals surface area contributed by atoms with E-state index in [2.05, 4.69) is 21.2 Å². The molecule has 0 radical (unpaired) electrons. The number of amides is 1. The van der Waals surface area contributed by atoms with Gasteiger partial charge >= 0.3 is 0 Å². The van der Waals surface area contributed by atoms with E-state index in [1.165, 1.54) is 5.56 Å². The molecule has 22 heavy (non-hydrogen) atoms. The molecule has 0 aliphatic carbocycles. The molecule has 2 heterocycles. The number of anilines is 1. The van der Waals surface area contributed by atoms with Gasteiger partial charge in [0, 0.05) is 38.4 Å². The minimum absolute atomic E-state index is 0.0406. The lowest BCUT2D eigenvalue weighted by Gasteiger charge is -2.38. The van der Waals surface area contributed by atoms with Crippen molar-refractivity contribution >= 4 is 11.6 Å². The zero-order valence-corrected chi connectivity index (χ0v) is 13.2. The Balaban J connectivity index is 1.61. The number of hydrogen-bond donors (Lipinski definition) is 2. The highest BCUT2D eigenvalue weighted by atomic mass is 16.3. The number of aryl methyl sites for hydroxylation is 1. The molecule has 2 aliphatic rings. The van der Waals surface area contributed by atoms with Crippen molar-refractivity contribution in [3.63, 3.8) is 0 Å². The molecule has 1 fully saturated rings. The maximum Gasteiger partial charge on any atom is 0.241 e. The van der Waals surface area contributed by atoms with E-state index in [0.29, 0.717) is 0 Å². The van der Waals surface area contributed by atoms with Crippen LogP contribution in [0.15, 0.2) is 24.3 Å². The van der Waals surface area contributed by atoms with Crippen molar-refractivity contribution < 1.29 is 9.90 Å². The first-order valence-corrected chi connectivity index (χ1v) is 8.17. The van der Waals surface area contributed by atoms with E-state index in [9.17, 15) is 9.90 Å². The third-order valence-corrected chi connectivity index (χ3v) is 4.64. The first-order chi connectivity index (χ1) is 10.6. The minimum atomic E-state index is -0.290. The number of benzene rings is 1. The summed E-state index contributed by atoms with van der Waals surface area (Å²) in [6.45, 7) is 6.16. The Morgan fingerprint density at radius 3 is 2.73 bits per heavy atom. The van der Waals surface area contributed by atoms with E-state index in [-0.39, 0.29) is 18.1 Å². The molecule has 5 nitrogen and oxygen atoms in total. The summed E-state index contributed by atoms with van der Waals surface area (Å²) in [5.74, 6) is 0.119. The Labute approximate surface area is 131 Å². The molecule has 2 atom stereocenters. The second-order valence-corrected chi connectivity index (χ2v) is 6.39. The predicted octanol–water partition coefficient (Wildman–Crippen LogP) is 0.938. The number of fused-ring (bicyclic) bond motifs is 1. The van der Waals surface area contributed by atoms with Gasteiger partial charge in [-0.05, 0) is 31.4 Å². The Kier molecular flexibility index (Phi) is 4.76. The van der Waals surface area contributed by atoms with Crippen LogP contribution in [0.25, 0.3) is 0 Å². The van der Waals surface area contributed by atoms with Crippen molar-refractivity contribution in [3.8, 4) is 0 Å². The highest BCUT2D eigenvalue weighted by Crippen LogP contribution is 2.24. The van der Waals surface area contributed by atoms with E-state index >= 15 is 0 Å². The van der Waals surface area contributed by atoms with Crippen molar-refractivity contribution in [1.29, 1.82) is 0 Å². The van der Waals surface area contributed by atoms with Crippen LogP contribution in [0.5, 0.6) is 0 Å². The van der Waals surface area contributed by atoms with Crippen molar-refractivity contribution in [2.24, 2.45) is 0 Å². The van der Waals surface area contributed by atoms with Crippen molar-refractivity contribution in [2.45, 2.75) is 31.9 Å². The molecule has 1 amide bonds. The van der Waals surface area contributed by atoms with Crippen molar-refractivity contribution in [3.05, 3.63) is 29.8 Å². The molecular weight excluding hydrogens is 278 g/mol. The van der Waals surface area contributed by atoms with Crippen LogP contribution in [0.2, 0.25) is 0 Å². The van der Waals surface area contributed by atoms with Crippen LogP contribution < -0.4 is 5.32 Å². The third-order valence-electron chi connectivity index (χ3n) is 4.64. The molecule has 1 saturated heterocycles. The van der Waals surface area contributed by atoms with Gasteiger partial charge in [-0.3, -0.25) is 14.6 Å². The molecule has 0 unspecified atom stereocenters. The van der Waals surface area contributed by atoms with E-state index in [1.54, 1.807) is 0 Å². The van der Waals surface area contributed by atoms with Crippen molar-refractivity contribution in [2.75, 3.05) is 38.0 Å². The molecule has 0 bridgehead atoms. The zero-order chi connectivity index (χ0) is 15.5. The van der Waals surface area contributed by atoms with E-state index in [0.717, 1.165) is 51.3 Å². The number of para-hydroxylation sites is 1. The molecule has 0 saturated carbocycles. The van der Waals surface area contributed by atoms with Gasteiger partial charge in [0.25, 0.3) is 0 Å². The molecule has 2 aliphatic heterocycles. The number of carbonyl (C=O) groups is 1. The molecule has 0 spiro atoms. The van der Waals surface area contributed by atoms with Crippen LogP contribution in [0, 0.1) is 0 Å². The van der Waals surface area contributed by atoms with Gasteiger partial charge < -0.3 is 10.4 Å². The monoisotopic (exact) mass is 303 g/mol. The Bertz CT molecular complexity index is 524. The van der Waals surface area contributed by atoms with Gasteiger partial charge in [-0.2, -0.15) is 0 Å². The number of nitrogens with zero attached hydrogens (tertiary/aromatic N) is 2. The Hall–Kier alpha value is -1.43. The summed E-state index contributed by atoms with van der Waals surface area (Å²) in [6.07, 6.45) is 1.52. The quantitative estimate of drug-likeness (QED) is 0.872. The van der Waals surface area contributed by atoms with Gasteiger partial charge in [0.2, 0.25) is 5.91 Å². The number of hydrogen-bond acceptors (Lipinski definition) is 4. The van der Waals surface area contributed by atoms with Crippen LogP contribution >= 0.6 is 0 Å². The van der Waals surface area contributed by atoms with Crippen LogP contribution in [-0.4, -0.2) is 65.7 Å². The van der Waals surface area contributed by atoms with Gasteiger partial charge in [-0.15, -0.1) is 0 Å². The molecule has 5 heteroatoms. The van der Waals surface area contributed by atoms with Gasteiger partial charge in [-0.25, -0.2) is 0 Å². The van der Waals surface area contributed by atoms with Crippen LogP contribution in [0.4, 0.5) is 5.69 Å². The van der Waals surface area contributed by atoms with Gasteiger partial charge in [-0.1, -0.05) is 18.2 Å². The fourth-order valence-corrected chi connectivity index (χ4v) is 3.48. The summed E-state index contributed by atoms with van der Waals surface area (Å²) in [5.41, 5.74) is 2.19. The molecule has 0 aromatic heterocycles. The Morgan fingerprint density at radius 1 is 1.27 bits per heavy atom. The van der Waals surface area contributed by atoms with E-state index in [1.807, 2.05) is 25.1 Å². The summed E-state index contributed by atoms with van der Waals surface area (Å²) in [5, 5.41) is 12.6. The summed E-state index contributed by atoms with van der Waals surface area (Å²) < 4.78 is 0. The molecule has 2 N–H and O–H groups in total. The lowest BCUT2D eigenvalue weighted by atomic mass is 10.0. The highest BCUT2D eigenvalue weighted by molar-refractivity contribution is 5.96. The summed E-state index contributed by atoms with van der Waals surface area (Å²) >= 11 is 0. The first kappa shape index (κ1) is 15.5. The fourth-order valence-electron chi connectivity index (χ4n) is 3.48. The number of carbonyl (C=O) groups excluding carboxylic acids is 1. The largest absolute Gasteiger partial charge is 0.392 e. The third kappa shape index (κ3) is 3.48. The smallest absolute Gasteiger partial charge is 0.241 e. The van der Waals surface area contributed by atoms with Crippen LogP contribution in [-0.2, 0) is 11.2 Å². The number of aliphatic hydroxyl groups excluding tert-OH is 1. The number of piperazine rings is 1. The highest BCUT2D eigenvalue weighted by Gasteiger charge is 2.31. The minimum Gasteiger partial charge on any atom is -0.392 e. The topological polar surface area (TPSA) is 55.8 Å². The summed E-state index contributed by atoms with van der Waals surface area (Å²) in [6, 6.07) is 8.03. The standard InChI is InChI=1S/C17H25N3O2/c1-13(21)12-19-8-10-20(11-9-19)16-7-6-14-4-2-3-5-15(14)18-17(16)22/h2-5,13,16,21H,6-12H2,1H3,(H,18,22)/t13-,16-/m1/s1. The molecule has 120 valence electrons. The fraction of sp³-hybridized carbons (Fsp3) is 0.588. The number of aliphatic hydroxyl groups is 1. The van der Waals surface area contributed by atoms with Crippen LogP contribution in [0.1, 0.15) is 18.9 Å². The number of nitrogens with one attached hydrogen (secondary N) is 1. The maximum atomic E-state index is 12.5. The zero-order valence-electron chi connectivity index (χ0n) is 13.2. The molecular formula is C17H25N3O2. The molecule has 1 aromatic rings. The molecule has 1 aromatic carbocycles. The average Bonchev–Trinajstić information content (AvgIpc) is 2.66. The Morgan fingerprint density at radius 2 is 2.00 bits per heavy atom. The average molecular weight is 303 g/mol. The van der Waals surface area contributed by atoms with Gasteiger partial charge in [0.05, 0.1) is 12.1 Å². The van der Waals surface area contributed by atoms with E-state index < -0.39 is 0 Å². The number of rotatable bonds is 3. The second kappa shape index (κ2) is 6.77.